The number of rotatable bonds is 2. The second kappa shape index (κ2) is 5.06. The summed E-state index contributed by atoms with van der Waals surface area (Å²) in [6.07, 6.45) is 5.25. The van der Waals surface area contributed by atoms with Gasteiger partial charge in [0.1, 0.15) is 0 Å². The van der Waals surface area contributed by atoms with Gasteiger partial charge in [0.25, 0.3) is 0 Å². The molecule has 0 radical (unpaired) electrons. The highest BCUT2D eigenvalue weighted by Crippen LogP contribution is 2.26. The lowest BCUT2D eigenvalue weighted by molar-refractivity contribution is 0.950. The molecule has 0 unspecified atom stereocenters. The van der Waals surface area contributed by atoms with E-state index in [1.54, 1.807) is 0 Å². The van der Waals surface area contributed by atoms with Gasteiger partial charge in [-0.15, -0.1) is 0 Å². The van der Waals surface area contributed by atoms with Crippen molar-refractivity contribution in [3.05, 3.63) is 77.5 Å². The van der Waals surface area contributed by atoms with Gasteiger partial charge in [0, 0.05) is 17.4 Å². The molecule has 1 N–H and O–H groups in total. The lowest BCUT2D eigenvalue weighted by Gasteiger charge is -2.10. The fourth-order valence-corrected chi connectivity index (χ4v) is 2.92. The smallest absolute Gasteiger partial charge is 0.0812 e. The number of hydrogen-bond donors (Lipinski definition) is 1. The van der Waals surface area contributed by atoms with Crippen molar-refractivity contribution in [2.24, 2.45) is 4.99 Å². The summed E-state index contributed by atoms with van der Waals surface area (Å²) in [6, 6.07) is 18.8. The molecule has 0 fully saturated rings. The van der Waals surface area contributed by atoms with Crippen molar-refractivity contribution in [3.63, 3.8) is 0 Å². The molecule has 1 aliphatic heterocycles. The van der Waals surface area contributed by atoms with Gasteiger partial charge in [0.05, 0.1) is 11.4 Å². The van der Waals surface area contributed by atoms with E-state index in [-0.39, 0.29) is 0 Å². The van der Waals surface area contributed by atoms with E-state index in [9.17, 15) is 0 Å². The zero-order valence-corrected chi connectivity index (χ0v) is 11.7. The predicted octanol–water partition coefficient (Wildman–Crippen LogP) is 4.23. The summed E-state index contributed by atoms with van der Waals surface area (Å²) in [5, 5.41) is 1.33. The number of para-hydroxylation sites is 1. The van der Waals surface area contributed by atoms with Gasteiger partial charge in [-0.05, 0) is 29.7 Å². The molecule has 2 heterocycles. The Labute approximate surface area is 123 Å². The molecule has 1 aromatic heterocycles. The predicted molar refractivity (Wildman–Crippen MR) is 88.9 cm³/mol. The molecule has 1 aliphatic rings. The quantitative estimate of drug-likeness (QED) is 0.723. The van der Waals surface area contributed by atoms with Gasteiger partial charge in [-0.25, -0.2) is 0 Å². The summed E-state index contributed by atoms with van der Waals surface area (Å²) >= 11 is 0. The Bertz CT molecular complexity index is 838. The molecule has 3 aromatic rings. The first kappa shape index (κ1) is 12.2. The molecule has 0 spiro atoms. The fourth-order valence-electron chi connectivity index (χ4n) is 2.92. The number of benzene rings is 2. The highest BCUT2D eigenvalue weighted by atomic mass is 14.8. The van der Waals surface area contributed by atoms with Crippen LogP contribution in [-0.2, 0) is 6.42 Å². The zero-order chi connectivity index (χ0) is 14.1. The summed E-state index contributed by atoms with van der Waals surface area (Å²) in [5.41, 5.74) is 6.02. The molecule has 2 aromatic carbocycles. The van der Waals surface area contributed by atoms with Crippen LogP contribution in [0.15, 0.2) is 65.7 Å². The Morgan fingerprint density at radius 1 is 0.905 bits per heavy atom. The van der Waals surface area contributed by atoms with E-state index in [4.69, 9.17) is 0 Å². The average molecular weight is 272 g/mol. The maximum absolute atomic E-state index is 4.68. The van der Waals surface area contributed by atoms with Crippen molar-refractivity contribution in [2.75, 3.05) is 6.54 Å². The van der Waals surface area contributed by atoms with Crippen molar-refractivity contribution < 1.29 is 0 Å². The van der Waals surface area contributed by atoms with Crippen LogP contribution < -0.4 is 0 Å². The van der Waals surface area contributed by atoms with E-state index in [1.165, 1.54) is 27.7 Å². The molecule has 0 saturated heterocycles. The van der Waals surface area contributed by atoms with Gasteiger partial charge in [-0.3, -0.25) is 4.99 Å². The number of H-pyrrole nitrogens is 1. The molecule has 0 bridgehead atoms. The zero-order valence-electron chi connectivity index (χ0n) is 11.7. The topological polar surface area (TPSA) is 28.1 Å². The highest BCUT2D eigenvalue weighted by Gasteiger charge is 2.17. The van der Waals surface area contributed by atoms with Crippen LogP contribution in [0.2, 0.25) is 0 Å². The second-order valence-corrected chi connectivity index (χ2v) is 5.29. The molecule has 0 saturated carbocycles. The third kappa shape index (κ3) is 2.19. The van der Waals surface area contributed by atoms with E-state index in [1.807, 2.05) is 6.07 Å². The summed E-state index contributed by atoms with van der Waals surface area (Å²) in [7, 11) is 0. The number of aromatic nitrogens is 1. The first-order valence-electron chi connectivity index (χ1n) is 7.29. The third-order valence-corrected chi connectivity index (χ3v) is 3.95. The lowest BCUT2D eigenvalue weighted by atomic mass is 10.0. The number of fused-ring (bicyclic) bond motifs is 3. The van der Waals surface area contributed by atoms with Crippen LogP contribution in [-0.4, -0.2) is 17.2 Å². The minimum absolute atomic E-state index is 0.864. The van der Waals surface area contributed by atoms with E-state index in [0.29, 0.717) is 0 Å². The third-order valence-electron chi connectivity index (χ3n) is 3.95. The Hall–Kier alpha value is -2.61. The van der Waals surface area contributed by atoms with E-state index < -0.39 is 0 Å². The largest absolute Gasteiger partial charge is 0.353 e. The van der Waals surface area contributed by atoms with Gasteiger partial charge in [-0.2, -0.15) is 0 Å². The Kier molecular flexibility index (Phi) is 2.93. The molecule has 4 rings (SSSR count). The van der Waals surface area contributed by atoms with Crippen LogP contribution in [0.25, 0.3) is 17.0 Å². The summed E-state index contributed by atoms with van der Waals surface area (Å²) in [5.74, 6) is 0. The minimum atomic E-state index is 0.864. The van der Waals surface area contributed by atoms with Crippen molar-refractivity contribution in [1.29, 1.82) is 0 Å². The van der Waals surface area contributed by atoms with Crippen molar-refractivity contribution >= 4 is 22.7 Å². The Morgan fingerprint density at radius 2 is 1.71 bits per heavy atom. The SMILES string of the molecule is C(=Cc1ccccc1)C1=NCCc2c1[nH]c1ccccc21. The van der Waals surface area contributed by atoms with Gasteiger partial charge >= 0.3 is 0 Å². The molecule has 0 amide bonds. The first-order chi connectivity index (χ1) is 10.4. The van der Waals surface area contributed by atoms with Crippen LogP contribution >= 0.6 is 0 Å². The molecule has 0 atom stereocenters. The van der Waals surface area contributed by atoms with Gasteiger partial charge in [0.15, 0.2) is 0 Å². The summed E-state index contributed by atoms with van der Waals surface area (Å²) in [4.78, 5) is 8.20. The van der Waals surface area contributed by atoms with E-state index in [0.717, 1.165) is 18.7 Å². The monoisotopic (exact) mass is 272 g/mol. The van der Waals surface area contributed by atoms with Gasteiger partial charge in [-0.1, -0.05) is 54.6 Å². The molecular formula is C19H16N2. The van der Waals surface area contributed by atoms with Crippen LogP contribution in [0.4, 0.5) is 0 Å². The van der Waals surface area contributed by atoms with Crippen LogP contribution in [0, 0.1) is 0 Å². The van der Waals surface area contributed by atoms with E-state index in [2.05, 4.69) is 70.7 Å². The number of allylic oxidation sites excluding steroid dienone is 1. The first-order valence-corrected chi connectivity index (χ1v) is 7.29. The molecule has 21 heavy (non-hydrogen) atoms. The van der Waals surface area contributed by atoms with Crippen molar-refractivity contribution in [3.8, 4) is 0 Å². The Morgan fingerprint density at radius 3 is 2.62 bits per heavy atom. The molecular weight excluding hydrogens is 256 g/mol. The minimum Gasteiger partial charge on any atom is -0.353 e. The highest BCUT2D eigenvalue weighted by molar-refractivity contribution is 6.14. The number of nitrogens with one attached hydrogen (secondary N) is 1. The van der Waals surface area contributed by atoms with E-state index >= 15 is 0 Å². The number of nitrogens with zero attached hydrogens (tertiary/aromatic N) is 1. The molecule has 2 nitrogen and oxygen atoms in total. The lowest BCUT2D eigenvalue weighted by Crippen LogP contribution is -2.09. The summed E-state index contributed by atoms with van der Waals surface area (Å²) in [6.45, 7) is 0.864. The maximum atomic E-state index is 4.68. The van der Waals surface area contributed by atoms with Crippen molar-refractivity contribution in [1.82, 2.24) is 4.98 Å². The molecule has 102 valence electrons. The summed E-state index contributed by atoms with van der Waals surface area (Å²) < 4.78 is 0. The number of hydrogen-bond acceptors (Lipinski definition) is 1. The fraction of sp³-hybridized carbons (Fsp3) is 0.105. The normalized spacial score (nSPS) is 14.4. The van der Waals surface area contributed by atoms with Crippen molar-refractivity contribution in [2.45, 2.75) is 6.42 Å². The van der Waals surface area contributed by atoms with Crippen LogP contribution in [0.3, 0.4) is 0 Å². The van der Waals surface area contributed by atoms with Gasteiger partial charge in [0.2, 0.25) is 0 Å². The average Bonchev–Trinajstić information content (AvgIpc) is 2.93. The van der Waals surface area contributed by atoms with Crippen LogP contribution in [0.5, 0.6) is 0 Å². The maximum Gasteiger partial charge on any atom is 0.0812 e. The molecule has 0 aliphatic carbocycles. The second-order valence-electron chi connectivity index (χ2n) is 5.29. The van der Waals surface area contributed by atoms with Crippen LogP contribution in [0.1, 0.15) is 16.8 Å². The van der Waals surface area contributed by atoms with Gasteiger partial charge < -0.3 is 4.98 Å². The Balaban J connectivity index is 1.75. The molecule has 2 heteroatoms. The number of aromatic amines is 1. The number of aliphatic imine (C=N–C) groups is 1. The standard InChI is InChI=1S/C19H16N2/c1-2-6-14(7-3-1)10-11-18-19-16(12-13-20-18)15-8-4-5-9-17(15)21-19/h1-11,21H,12-13H2.